The van der Waals surface area contributed by atoms with Crippen LogP contribution in [-0.2, 0) is 11.2 Å². The third kappa shape index (κ3) is 4.82. The summed E-state index contributed by atoms with van der Waals surface area (Å²) >= 11 is 8.59. The lowest BCUT2D eigenvalue weighted by atomic mass is 10.1. The Morgan fingerprint density at radius 3 is 1.95 bits per heavy atom. The van der Waals surface area contributed by atoms with Crippen molar-refractivity contribution in [2.75, 3.05) is 0 Å². The number of ketones is 1. The van der Waals surface area contributed by atoms with Crippen molar-refractivity contribution in [3.63, 3.8) is 0 Å². The minimum Gasteiger partial charge on any atom is -0.506 e. The van der Waals surface area contributed by atoms with Gasteiger partial charge in [-0.1, -0.05) is 0 Å². The molecule has 2 aromatic rings. The number of phenolic OH excluding ortho intramolecular Hbond substituents is 1. The summed E-state index contributed by atoms with van der Waals surface area (Å²) in [4.78, 5) is 11.3. The largest absolute Gasteiger partial charge is 0.506 e. The van der Waals surface area contributed by atoms with E-state index < -0.39 is 0 Å². The molecule has 0 fully saturated rings. The van der Waals surface area contributed by atoms with E-state index in [1.54, 1.807) is 19.1 Å². The van der Waals surface area contributed by atoms with Crippen molar-refractivity contribution in [1.82, 2.24) is 0 Å². The van der Waals surface area contributed by atoms with E-state index in [0.717, 1.165) is 25.6 Å². The maximum absolute atomic E-state index is 11.3. The van der Waals surface area contributed by atoms with Crippen molar-refractivity contribution < 1.29 is 14.6 Å². The monoisotopic (exact) mass is 746 g/mol. The number of ether oxygens (including phenoxy) is 1. The molecular formula is C15H10I4O3. The summed E-state index contributed by atoms with van der Waals surface area (Å²) in [6.07, 6.45) is 0.432. The zero-order valence-corrected chi connectivity index (χ0v) is 19.9. The first-order valence-electron chi connectivity index (χ1n) is 6.11. The molecule has 0 bridgehead atoms. The number of carbonyl (C=O) groups excluding carboxylic acids is 1. The lowest BCUT2D eigenvalue weighted by Crippen LogP contribution is -1.99. The summed E-state index contributed by atoms with van der Waals surface area (Å²) in [6.45, 7) is 1.59. The molecule has 0 aliphatic carbocycles. The topological polar surface area (TPSA) is 46.5 Å². The number of aromatic hydroxyl groups is 1. The highest BCUT2D eigenvalue weighted by Crippen LogP contribution is 2.36. The molecule has 0 radical (unpaired) electrons. The second-order valence-corrected chi connectivity index (χ2v) is 9.25. The number of rotatable bonds is 4. The molecule has 0 saturated heterocycles. The average molecular weight is 746 g/mol. The highest BCUT2D eigenvalue weighted by molar-refractivity contribution is 14.1. The molecule has 3 nitrogen and oxygen atoms in total. The fourth-order valence-corrected chi connectivity index (χ4v) is 5.65. The fraction of sp³-hybridized carbons (Fsp3) is 0.133. The quantitative estimate of drug-likeness (QED) is 0.407. The van der Waals surface area contributed by atoms with Gasteiger partial charge in [-0.15, -0.1) is 0 Å². The van der Waals surface area contributed by atoms with Crippen molar-refractivity contribution in [2.45, 2.75) is 13.3 Å². The molecule has 116 valence electrons. The van der Waals surface area contributed by atoms with Gasteiger partial charge in [0, 0.05) is 6.42 Å². The van der Waals surface area contributed by atoms with E-state index in [2.05, 4.69) is 90.4 Å². The van der Waals surface area contributed by atoms with Crippen LogP contribution in [0.2, 0.25) is 0 Å². The summed E-state index contributed by atoms with van der Waals surface area (Å²) in [6, 6.07) is 7.53. The fourth-order valence-electron chi connectivity index (χ4n) is 1.82. The highest BCUT2D eigenvalue weighted by Gasteiger charge is 2.13. The van der Waals surface area contributed by atoms with Gasteiger partial charge in [0.1, 0.15) is 17.3 Å². The number of halogens is 4. The van der Waals surface area contributed by atoms with E-state index in [4.69, 9.17) is 4.74 Å². The first-order chi connectivity index (χ1) is 10.3. The van der Waals surface area contributed by atoms with Gasteiger partial charge >= 0.3 is 0 Å². The minimum atomic E-state index is 0.142. The molecule has 0 aliphatic rings. The van der Waals surface area contributed by atoms with E-state index in [1.807, 2.05) is 12.1 Å². The van der Waals surface area contributed by atoms with Gasteiger partial charge in [0.25, 0.3) is 0 Å². The molecule has 0 heterocycles. The summed E-state index contributed by atoms with van der Waals surface area (Å²) in [5, 5.41) is 9.82. The second-order valence-electron chi connectivity index (χ2n) is 4.60. The zero-order valence-electron chi connectivity index (χ0n) is 11.3. The van der Waals surface area contributed by atoms with Crippen LogP contribution in [0.5, 0.6) is 17.2 Å². The van der Waals surface area contributed by atoms with Gasteiger partial charge in [0.2, 0.25) is 0 Å². The molecule has 1 N–H and O–H groups in total. The number of carbonyl (C=O) groups is 1. The normalized spacial score (nSPS) is 10.6. The Kier molecular flexibility index (Phi) is 7.02. The van der Waals surface area contributed by atoms with Gasteiger partial charge in [-0.05, 0) is 127 Å². The van der Waals surface area contributed by atoms with E-state index in [9.17, 15) is 9.90 Å². The van der Waals surface area contributed by atoms with Gasteiger partial charge in [0.05, 0.1) is 14.3 Å². The molecule has 0 aromatic heterocycles. The van der Waals surface area contributed by atoms with Crippen molar-refractivity contribution in [3.8, 4) is 17.2 Å². The van der Waals surface area contributed by atoms with Gasteiger partial charge in [-0.2, -0.15) is 0 Å². The van der Waals surface area contributed by atoms with E-state index in [1.165, 1.54) is 0 Å². The molecule has 22 heavy (non-hydrogen) atoms. The summed E-state index contributed by atoms with van der Waals surface area (Å²) < 4.78 is 9.41. The molecule has 0 saturated carbocycles. The van der Waals surface area contributed by atoms with Crippen molar-refractivity contribution >= 4 is 96.1 Å². The molecule has 0 amide bonds. The Morgan fingerprint density at radius 2 is 1.50 bits per heavy atom. The molecule has 2 rings (SSSR count). The second kappa shape index (κ2) is 8.14. The first-order valence-corrected chi connectivity index (χ1v) is 10.4. The minimum absolute atomic E-state index is 0.142. The Labute approximate surface area is 183 Å². The number of benzene rings is 2. The molecule has 7 heteroatoms. The first kappa shape index (κ1) is 19.0. The summed E-state index contributed by atoms with van der Waals surface area (Å²) in [5.74, 6) is 1.87. The molecule has 0 aliphatic heterocycles. The number of hydrogen-bond acceptors (Lipinski definition) is 3. The van der Waals surface area contributed by atoms with Crippen molar-refractivity contribution in [1.29, 1.82) is 0 Å². The SMILES string of the molecule is CC(=O)Cc1cc(I)c(Oc2cc(I)c(O)c(I)c2)c(I)c1. The van der Waals surface area contributed by atoms with Crippen molar-refractivity contribution in [3.05, 3.63) is 44.1 Å². The predicted octanol–water partition coefficient (Wildman–Crippen LogP) is 5.73. The van der Waals surface area contributed by atoms with Crippen LogP contribution in [0.4, 0.5) is 0 Å². The predicted molar refractivity (Wildman–Crippen MR) is 120 cm³/mol. The zero-order chi connectivity index (χ0) is 16.4. The highest BCUT2D eigenvalue weighted by atomic mass is 127. The Morgan fingerprint density at radius 1 is 1.00 bits per heavy atom. The Hall–Kier alpha value is 0.630. The molecule has 0 spiro atoms. The summed E-state index contributed by atoms with van der Waals surface area (Å²) in [5.41, 5.74) is 0.989. The van der Waals surface area contributed by atoms with Crippen LogP contribution in [0, 0.1) is 14.3 Å². The Bertz CT molecular complexity index is 698. The molecule has 2 aromatic carbocycles. The average Bonchev–Trinajstić information content (AvgIpc) is 2.39. The van der Waals surface area contributed by atoms with Crippen LogP contribution in [0.25, 0.3) is 0 Å². The van der Waals surface area contributed by atoms with Gasteiger partial charge in [0.15, 0.2) is 5.75 Å². The van der Waals surface area contributed by atoms with Crippen LogP contribution in [0.15, 0.2) is 24.3 Å². The van der Waals surface area contributed by atoms with Crippen molar-refractivity contribution in [2.24, 2.45) is 0 Å². The number of Topliss-reactive ketones (excluding diaryl/α,β-unsaturated/α-hetero) is 1. The van der Waals surface area contributed by atoms with E-state index in [-0.39, 0.29) is 11.5 Å². The smallest absolute Gasteiger partial charge is 0.154 e. The van der Waals surface area contributed by atoms with E-state index >= 15 is 0 Å². The number of phenols is 1. The van der Waals surface area contributed by atoms with Crippen LogP contribution in [-0.4, -0.2) is 10.9 Å². The number of hydrogen-bond donors (Lipinski definition) is 1. The summed E-state index contributed by atoms with van der Waals surface area (Å²) in [7, 11) is 0. The Balaban J connectivity index is 2.36. The van der Waals surface area contributed by atoms with Gasteiger partial charge < -0.3 is 9.84 Å². The standard InChI is InChI=1S/C15H10I4O3/c1-7(20)2-8-3-12(18)15(13(19)4-8)22-9-5-10(16)14(21)11(17)6-9/h3-6,21H,2H2,1H3. The van der Waals surface area contributed by atoms with Crippen LogP contribution in [0.3, 0.4) is 0 Å². The van der Waals surface area contributed by atoms with Crippen LogP contribution >= 0.6 is 90.4 Å². The van der Waals surface area contributed by atoms with Gasteiger partial charge in [-0.25, -0.2) is 0 Å². The molecule has 0 unspecified atom stereocenters. The lowest BCUT2D eigenvalue weighted by molar-refractivity contribution is -0.116. The molecule has 0 atom stereocenters. The third-order valence-electron chi connectivity index (χ3n) is 2.72. The maximum atomic E-state index is 11.3. The molecular weight excluding hydrogens is 736 g/mol. The maximum Gasteiger partial charge on any atom is 0.154 e. The van der Waals surface area contributed by atoms with Crippen LogP contribution in [0.1, 0.15) is 12.5 Å². The van der Waals surface area contributed by atoms with Gasteiger partial charge in [-0.3, -0.25) is 4.79 Å². The third-order valence-corrected chi connectivity index (χ3v) is 5.97. The van der Waals surface area contributed by atoms with E-state index in [0.29, 0.717) is 12.2 Å². The lowest BCUT2D eigenvalue weighted by Gasteiger charge is -2.13. The van der Waals surface area contributed by atoms with Crippen LogP contribution < -0.4 is 4.74 Å².